The number of carbonyl (C=O) groups excluding carboxylic acids is 3. The van der Waals surface area contributed by atoms with E-state index in [1.165, 1.54) is 28.5 Å². The fourth-order valence-corrected chi connectivity index (χ4v) is 5.23. The van der Waals surface area contributed by atoms with Gasteiger partial charge in [-0.25, -0.2) is 4.79 Å². The molecule has 12 heteroatoms. The van der Waals surface area contributed by atoms with Crippen LogP contribution in [-0.4, -0.2) is 76.7 Å². The zero-order valence-corrected chi connectivity index (χ0v) is 24.5. The molecule has 3 rings (SSSR count). The second kappa shape index (κ2) is 11.1. The SMILES string of the molecule is CC(C)N(C(=O)c1cc2c(cc1C(F)(F)F)OC(C)(C)C(=O)N2CCN)[C@@H]1CC[C@H](C)N(C(=O)OC(C)(C)C)C1. The fraction of sp³-hybridized carbons (Fsp3) is 0.679. The van der Waals surface area contributed by atoms with Gasteiger partial charge in [-0.2, -0.15) is 13.2 Å². The summed E-state index contributed by atoms with van der Waals surface area (Å²) < 4.78 is 54.4. The third-order valence-electron chi connectivity index (χ3n) is 7.07. The number of halogens is 3. The molecule has 1 aromatic rings. The van der Waals surface area contributed by atoms with E-state index in [2.05, 4.69) is 0 Å². The van der Waals surface area contributed by atoms with Crippen LogP contribution in [0.1, 0.15) is 84.2 Å². The Labute approximate surface area is 233 Å². The summed E-state index contributed by atoms with van der Waals surface area (Å²) >= 11 is 0. The van der Waals surface area contributed by atoms with Crippen LogP contribution in [0.3, 0.4) is 0 Å². The first-order chi connectivity index (χ1) is 18.3. The van der Waals surface area contributed by atoms with Crippen molar-refractivity contribution in [3.8, 4) is 5.75 Å². The number of nitrogens with zero attached hydrogens (tertiary/aromatic N) is 3. The average Bonchev–Trinajstić information content (AvgIpc) is 2.80. The Hall–Kier alpha value is -3.02. The summed E-state index contributed by atoms with van der Waals surface area (Å²) in [5.74, 6) is -1.47. The van der Waals surface area contributed by atoms with E-state index in [0.717, 1.165) is 12.1 Å². The Morgan fingerprint density at radius 1 is 1.20 bits per heavy atom. The molecule has 1 aromatic carbocycles. The molecule has 2 aliphatic rings. The smallest absolute Gasteiger partial charge is 0.417 e. The van der Waals surface area contributed by atoms with Crippen LogP contribution in [-0.2, 0) is 15.7 Å². The number of hydrogen-bond donors (Lipinski definition) is 1. The van der Waals surface area contributed by atoms with E-state index in [1.807, 2.05) is 6.92 Å². The molecule has 2 aliphatic heterocycles. The second-order valence-electron chi connectivity index (χ2n) is 12.2. The van der Waals surface area contributed by atoms with Crippen molar-refractivity contribution in [2.24, 2.45) is 5.73 Å². The maximum atomic E-state index is 14.4. The van der Waals surface area contributed by atoms with Gasteiger partial charge < -0.3 is 29.9 Å². The Bertz CT molecular complexity index is 1150. The van der Waals surface area contributed by atoms with Crippen LogP contribution in [0.4, 0.5) is 23.7 Å². The molecule has 9 nitrogen and oxygen atoms in total. The Morgan fingerprint density at radius 2 is 1.82 bits per heavy atom. The average molecular weight is 571 g/mol. The molecule has 0 saturated carbocycles. The van der Waals surface area contributed by atoms with Gasteiger partial charge in [0.1, 0.15) is 11.4 Å². The third kappa shape index (κ3) is 6.47. The number of rotatable bonds is 5. The molecule has 40 heavy (non-hydrogen) atoms. The van der Waals surface area contributed by atoms with Crippen LogP contribution in [0.2, 0.25) is 0 Å². The van der Waals surface area contributed by atoms with Crippen LogP contribution < -0.4 is 15.4 Å². The summed E-state index contributed by atoms with van der Waals surface area (Å²) in [5, 5.41) is 0. The minimum absolute atomic E-state index is 0.0386. The van der Waals surface area contributed by atoms with E-state index in [0.29, 0.717) is 12.8 Å². The van der Waals surface area contributed by atoms with Gasteiger partial charge in [-0.1, -0.05) is 0 Å². The van der Waals surface area contributed by atoms with Gasteiger partial charge in [0, 0.05) is 31.7 Å². The van der Waals surface area contributed by atoms with Crippen LogP contribution >= 0.6 is 0 Å². The van der Waals surface area contributed by atoms with Crippen molar-refractivity contribution < 1.29 is 37.0 Å². The molecule has 0 aliphatic carbocycles. The third-order valence-corrected chi connectivity index (χ3v) is 7.07. The molecule has 224 valence electrons. The van der Waals surface area contributed by atoms with Crippen LogP contribution in [0.15, 0.2) is 12.1 Å². The molecule has 0 spiro atoms. The van der Waals surface area contributed by atoms with Crippen molar-refractivity contribution in [3.63, 3.8) is 0 Å². The lowest BCUT2D eigenvalue weighted by molar-refractivity contribution is -0.138. The van der Waals surface area contributed by atoms with Gasteiger partial charge in [-0.15, -0.1) is 0 Å². The van der Waals surface area contributed by atoms with Gasteiger partial charge >= 0.3 is 12.3 Å². The number of amides is 3. The van der Waals surface area contributed by atoms with Gasteiger partial charge in [-0.3, -0.25) is 9.59 Å². The van der Waals surface area contributed by atoms with E-state index in [9.17, 15) is 27.6 Å². The van der Waals surface area contributed by atoms with Crippen molar-refractivity contribution in [2.75, 3.05) is 24.5 Å². The number of carbonyl (C=O) groups is 3. The number of likely N-dealkylation sites (tertiary alicyclic amines) is 1. The van der Waals surface area contributed by atoms with Gasteiger partial charge in [0.15, 0.2) is 5.60 Å². The first-order valence-electron chi connectivity index (χ1n) is 13.6. The molecule has 0 aromatic heterocycles. The molecular formula is C28H41F3N4O5. The summed E-state index contributed by atoms with van der Waals surface area (Å²) in [4.78, 5) is 44.2. The molecule has 2 atom stereocenters. The molecule has 2 heterocycles. The number of hydrogen-bond acceptors (Lipinski definition) is 6. The fourth-order valence-electron chi connectivity index (χ4n) is 5.23. The number of fused-ring (bicyclic) bond motifs is 1. The quantitative estimate of drug-likeness (QED) is 0.545. The van der Waals surface area contributed by atoms with E-state index >= 15 is 0 Å². The topological polar surface area (TPSA) is 105 Å². The van der Waals surface area contributed by atoms with Crippen molar-refractivity contribution in [1.82, 2.24) is 9.80 Å². The monoisotopic (exact) mass is 570 g/mol. The zero-order chi connectivity index (χ0) is 30.4. The maximum absolute atomic E-state index is 14.4. The predicted octanol–water partition coefficient (Wildman–Crippen LogP) is 4.81. The van der Waals surface area contributed by atoms with Gasteiger partial charge in [0.25, 0.3) is 11.8 Å². The highest BCUT2D eigenvalue weighted by Crippen LogP contribution is 2.44. The Kier molecular flexibility index (Phi) is 8.74. The lowest BCUT2D eigenvalue weighted by Gasteiger charge is -2.44. The number of ether oxygens (including phenoxy) is 2. The van der Waals surface area contributed by atoms with Crippen molar-refractivity contribution in [2.45, 2.75) is 104 Å². The number of alkyl halides is 3. The standard InChI is InChI=1S/C28H41F3N4O5/c1-16(2)35(18-10-9-17(3)34(15-18)25(38)40-26(4,5)6)23(36)19-13-21-22(14-20(19)28(29,30)31)39-27(7,8)24(37)33(21)12-11-32/h13-14,16-18H,9-12,15,32H2,1-8H3/t17-,18+/m0/s1. The van der Waals surface area contributed by atoms with Crippen LogP contribution in [0.5, 0.6) is 5.75 Å². The molecular weight excluding hydrogens is 529 g/mol. The highest BCUT2D eigenvalue weighted by atomic mass is 19.4. The van der Waals surface area contributed by atoms with E-state index in [1.54, 1.807) is 34.6 Å². The number of benzene rings is 1. The van der Waals surface area contributed by atoms with E-state index in [4.69, 9.17) is 15.2 Å². The Balaban J connectivity index is 2.08. The van der Waals surface area contributed by atoms with Gasteiger partial charge in [0.2, 0.25) is 0 Å². The van der Waals surface area contributed by atoms with Gasteiger partial charge in [0.05, 0.1) is 22.9 Å². The number of piperidine rings is 1. The minimum atomic E-state index is -4.88. The van der Waals surface area contributed by atoms with Crippen molar-refractivity contribution >= 4 is 23.6 Å². The molecule has 0 bridgehead atoms. The van der Waals surface area contributed by atoms with Crippen LogP contribution in [0, 0.1) is 0 Å². The molecule has 0 radical (unpaired) electrons. The van der Waals surface area contributed by atoms with Crippen LogP contribution in [0.25, 0.3) is 0 Å². The summed E-state index contributed by atoms with van der Waals surface area (Å²) in [6.45, 7) is 13.7. The minimum Gasteiger partial charge on any atom is -0.476 e. The van der Waals surface area contributed by atoms with Gasteiger partial charge in [-0.05, 0) is 80.4 Å². The summed E-state index contributed by atoms with van der Waals surface area (Å²) in [5.41, 5.74) is 1.86. The molecule has 3 amide bonds. The molecule has 2 N–H and O–H groups in total. The number of nitrogens with two attached hydrogens (primary N) is 1. The summed E-state index contributed by atoms with van der Waals surface area (Å²) in [6, 6.07) is 0.664. The highest BCUT2D eigenvalue weighted by Gasteiger charge is 2.46. The zero-order valence-electron chi connectivity index (χ0n) is 24.5. The normalized spacial score (nSPS) is 21.2. The largest absolute Gasteiger partial charge is 0.476 e. The number of anilines is 1. The first-order valence-corrected chi connectivity index (χ1v) is 13.6. The molecule has 0 unspecified atom stereocenters. The first kappa shape index (κ1) is 31.5. The molecule has 1 saturated heterocycles. The summed E-state index contributed by atoms with van der Waals surface area (Å²) in [6.07, 6.45) is -4.38. The summed E-state index contributed by atoms with van der Waals surface area (Å²) in [7, 11) is 0. The Morgan fingerprint density at radius 3 is 2.35 bits per heavy atom. The maximum Gasteiger partial charge on any atom is 0.417 e. The van der Waals surface area contributed by atoms with Crippen molar-refractivity contribution in [1.29, 1.82) is 0 Å². The van der Waals surface area contributed by atoms with E-state index in [-0.39, 0.29) is 37.1 Å². The second-order valence-corrected chi connectivity index (χ2v) is 12.2. The lowest BCUT2D eigenvalue weighted by Crippen LogP contribution is -2.57. The lowest BCUT2D eigenvalue weighted by atomic mass is 9.94. The van der Waals surface area contributed by atoms with E-state index < -0.39 is 58.5 Å². The predicted molar refractivity (Wildman–Crippen MR) is 144 cm³/mol. The highest BCUT2D eigenvalue weighted by molar-refractivity contribution is 6.05. The molecule has 1 fully saturated rings. The van der Waals surface area contributed by atoms with Crippen molar-refractivity contribution in [3.05, 3.63) is 23.3 Å².